The van der Waals surface area contributed by atoms with Gasteiger partial charge in [-0.25, -0.2) is 0 Å². The molecule has 0 aromatic carbocycles. The number of halogens is 2. The summed E-state index contributed by atoms with van der Waals surface area (Å²) in [4.78, 5) is 0. The molecule has 4 heavy (non-hydrogen) atoms. The Balaban J connectivity index is 0. The molecule has 0 aliphatic carbocycles. The quantitative estimate of drug-likeness (QED) is 0.310. The van der Waals surface area contributed by atoms with Crippen molar-refractivity contribution in [2.45, 2.75) is 0 Å². The fourth-order valence-electron chi connectivity index (χ4n) is 0. The van der Waals surface area contributed by atoms with Gasteiger partial charge in [0.1, 0.15) is 0 Å². The first kappa shape index (κ1) is 30.4. The molecule has 0 bridgehead atoms. The minimum absolute atomic E-state index is 0. The van der Waals surface area contributed by atoms with Crippen LogP contribution in [0.25, 0.3) is 0 Å². The molecule has 0 fully saturated rings. The Kier molecular flexibility index (Phi) is 133. The van der Waals surface area contributed by atoms with E-state index in [0.29, 0.717) is 0 Å². The summed E-state index contributed by atoms with van der Waals surface area (Å²) in [5, 5.41) is 0. The van der Waals surface area contributed by atoms with Crippen LogP contribution in [0.3, 0.4) is 0 Å². The van der Waals surface area contributed by atoms with E-state index < -0.39 is 0 Å². The van der Waals surface area contributed by atoms with Gasteiger partial charge in [0.15, 0.2) is 0 Å². The van der Waals surface area contributed by atoms with Gasteiger partial charge >= 0.3 is 56.6 Å². The van der Waals surface area contributed by atoms with Crippen LogP contribution in [0.2, 0.25) is 0 Å². The molecule has 0 aromatic heterocycles. The second-order valence-corrected chi connectivity index (χ2v) is 0. The van der Waals surface area contributed by atoms with Crippen molar-refractivity contribution in [3.8, 4) is 0 Å². The van der Waals surface area contributed by atoms with Crippen molar-refractivity contribution in [3.05, 3.63) is 0 Å². The molecule has 0 amide bonds. The van der Waals surface area contributed by atoms with Gasteiger partial charge in [-0.05, 0) is 0 Å². The first-order valence-electron chi connectivity index (χ1n) is 0. The van der Waals surface area contributed by atoms with E-state index in [-0.39, 0.29) is 86.0 Å². The fraction of sp³-hybridized carbons (Fsp3) is 0. The maximum Gasteiger partial charge on any atom is 2.00 e. The first-order valence-corrected chi connectivity index (χ1v) is 0. The molecule has 0 aliphatic rings. The standard InChI is InChI=1S/BrH.Ca.ClH.Li/h1H;;1H;/q;+2;;+1/p-2. The first-order chi connectivity index (χ1) is 0. The molecule has 0 aromatic rings. The molecule has 0 saturated carbocycles. The molecule has 0 saturated heterocycles. The molecule has 0 aliphatic heterocycles. The van der Waals surface area contributed by atoms with Crippen molar-refractivity contribution in [3.63, 3.8) is 0 Å². The van der Waals surface area contributed by atoms with E-state index in [9.17, 15) is 0 Å². The minimum Gasteiger partial charge on any atom is -1.00 e. The molecule has 0 radical (unpaired) electrons. The molecule has 0 spiro atoms. The summed E-state index contributed by atoms with van der Waals surface area (Å²) in [6, 6.07) is 0. The van der Waals surface area contributed by atoms with Gasteiger partial charge in [-0.2, -0.15) is 0 Å². The summed E-state index contributed by atoms with van der Waals surface area (Å²) in [7, 11) is 0. The Morgan fingerprint density at radius 2 is 1.00 bits per heavy atom. The van der Waals surface area contributed by atoms with Gasteiger partial charge in [-0.15, -0.1) is 0 Å². The van der Waals surface area contributed by atoms with E-state index in [0.717, 1.165) is 0 Å². The topological polar surface area (TPSA) is 0 Å². The summed E-state index contributed by atoms with van der Waals surface area (Å²) >= 11 is 0. The molecular formula is BrCaClLi+. The van der Waals surface area contributed by atoms with Gasteiger partial charge in [0.25, 0.3) is 0 Å². The predicted octanol–water partition coefficient (Wildman–Crippen LogP) is -9.37. The van der Waals surface area contributed by atoms with Gasteiger partial charge in [0.05, 0.1) is 0 Å². The zero-order valence-corrected chi connectivity index (χ0v) is 7.01. The Labute approximate surface area is 84.4 Å². The van der Waals surface area contributed by atoms with E-state index in [1.807, 2.05) is 0 Å². The van der Waals surface area contributed by atoms with E-state index in [1.54, 1.807) is 0 Å². The van der Waals surface area contributed by atoms with Crippen LogP contribution in [0.1, 0.15) is 0 Å². The molecule has 4 heteroatoms. The number of hydrogen-bond donors (Lipinski definition) is 0. The van der Waals surface area contributed by atoms with Crippen molar-refractivity contribution >= 4 is 37.7 Å². The number of hydrogen-bond acceptors (Lipinski definition) is 0. The van der Waals surface area contributed by atoms with E-state index in [1.165, 1.54) is 0 Å². The van der Waals surface area contributed by atoms with Crippen LogP contribution < -0.4 is 48.2 Å². The van der Waals surface area contributed by atoms with Gasteiger partial charge in [0.2, 0.25) is 0 Å². The molecule has 0 heterocycles. The van der Waals surface area contributed by atoms with Crippen LogP contribution in [0.4, 0.5) is 0 Å². The number of rotatable bonds is 0. The average Bonchev–Trinajstić information content (AvgIpc) is 0. The molecule has 0 nitrogen and oxygen atoms in total. The summed E-state index contributed by atoms with van der Waals surface area (Å²) in [5.74, 6) is 0. The summed E-state index contributed by atoms with van der Waals surface area (Å²) in [6.45, 7) is 0. The van der Waals surface area contributed by atoms with Gasteiger partial charge in [-0.1, -0.05) is 0 Å². The largest absolute Gasteiger partial charge is 2.00 e. The monoisotopic (exact) mass is 161 g/mol. The normalized spacial score (nSPS) is 0. The Hall–Kier alpha value is 2.63. The van der Waals surface area contributed by atoms with Gasteiger partial charge < -0.3 is 29.4 Å². The summed E-state index contributed by atoms with van der Waals surface area (Å²) < 4.78 is 0. The molecule has 0 rings (SSSR count). The Morgan fingerprint density at radius 3 is 1.00 bits per heavy atom. The third-order valence-electron chi connectivity index (χ3n) is 0. The summed E-state index contributed by atoms with van der Waals surface area (Å²) in [5.41, 5.74) is 0. The van der Waals surface area contributed by atoms with E-state index >= 15 is 0 Å². The fourth-order valence-corrected chi connectivity index (χ4v) is 0. The molecule has 0 N–H and O–H groups in total. The van der Waals surface area contributed by atoms with E-state index in [2.05, 4.69) is 0 Å². The predicted molar refractivity (Wildman–Crippen MR) is 5.75 cm³/mol. The van der Waals surface area contributed by atoms with Crippen molar-refractivity contribution < 1.29 is 48.2 Å². The zero-order chi connectivity index (χ0) is 0. The van der Waals surface area contributed by atoms with Crippen molar-refractivity contribution in [1.82, 2.24) is 0 Å². The zero-order valence-electron chi connectivity index (χ0n) is 2.46. The van der Waals surface area contributed by atoms with Crippen LogP contribution >= 0.6 is 0 Å². The van der Waals surface area contributed by atoms with Crippen molar-refractivity contribution in [2.75, 3.05) is 0 Å². The van der Waals surface area contributed by atoms with Crippen LogP contribution in [0.15, 0.2) is 0 Å². The minimum atomic E-state index is 0. The van der Waals surface area contributed by atoms with Gasteiger partial charge in [-0.3, -0.25) is 0 Å². The molecular weight excluding hydrogens is 162 g/mol. The van der Waals surface area contributed by atoms with Crippen LogP contribution in [-0.4, -0.2) is 37.7 Å². The van der Waals surface area contributed by atoms with Crippen molar-refractivity contribution in [1.29, 1.82) is 0 Å². The summed E-state index contributed by atoms with van der Waals surface area (Å²) in [6.07, 6.45) is 0. The smallest absolute Gasteiger partial charge is 1.00 e. The Bertz CT molecular complexity index is 8.00. The van der Waals surface area contributed by atoms with Crippen LogP contribution in [0, 0.1) is 0 Å². The molecule has 0 unspecified atom stereocenters. The van der Waals surface area contributed by atoms with Crippen LogP contribution in [-0.2, 0) is 0 Å². The third kappa shape index (κ3) is 8.82. The van der Waals surface area contributed by atoms with Crippen molar-refractivity contribution in [2.24, 2.45) is 0 Å². The third-order valence-corrected chi connectivity index (χ3v) is 0. The van der Waals surface area contributed by atoms with E-state index in [4.69, 9.17) is 0 Å². The SMILES string of the molecule is [Br-].[Ca+2].[Cl-].[Li+]. The second-order valence-electron chi connectivity index (χ2n) is 0. The molecule has 0 atom stereocenters. The van der Waals surface area contributed by atoms with Gasteiger partial charge in [0, 0.05) is 0 Å². The maximum absolute atomic E-state index is 0. The Morgan fingerprint density at radius 1 is 1.00 bits per heavy atom. The average molecular weight is 162 g/mol. The maximum atomic E-state index is 0. The second kappa shape index (κ2) is 17.5. The van der Waals surface area contributed by atoms with Crippen LogP contribution in [0.5, 0.6) is 0 Å². The molecule has 16 valence electrons.